The van der Waals surface area contributed by atoms with Crippen LogP contribution in [0, 0.1) is 0 Å². The lowest BCUT2D eigenvalue weighted by molar-refractivity contribution is 0.249. The Morgan fingerprint density at radius 2 is 1.79 bits per heavy atom. The van der Waals surface area contributed by atoms with Crippen LogP contribution in [0.4, 0.5) is 0 Å². The molecule has 0 atom stereocenters. The molecule has 5 rings (SSSR count). The number of fused-ring (bicyclic) bond motifs is 3. The summed E-state index contributed by atoms with van der Waals surface area (Å²) in [6.07, 6.45) is 0.796. The first-order valence-electron chi connectivity index (χ1n) is 9.42. The molecule has 5 nitrogen and oxygen atoms in total. The van der Waals surface area contributed by atoms with Gasteiger partial charge < -0.3 is 0 Å². The lowest BCUT2D eigenvalue weighted by atomic mass is 10.0. The number of aromatic amines is 1. The van der Waals surface area contributed by atoms with Crippen LogP contribution in [0.5, 0.6) is 0 Å². The average Bonchev–Trinajstić information content (AvgIpc) is 3.07. The number of benzene rings is 2. The van der Waals surface area contributed by atoms with Crippen LogP contribution < -0.4 is 11.2 Å². The highest BCUT2D eigenvalue weighted by Gasteiger charge is 2.24. The zero-order valence-electron chi connectivity index (χ0n) is 15.5. The van der Waals surface area contributed by atoms with E-state index in [1.807, 2.05) is 18.2 Å². The first-order chi connectivity index (χ1) is 14.1. The Hall–Kier alpha value is -2.67. The van der Waals surface area contributed by atoms with Crippen molar-refractivity contribution in [1.29, 1.82) is 0 Å². The first kappa shape index (κ1) is 18.4. The van der Waals surface area contributed by atoms with E-state index in [0.717, 1.165) is 36.5 Å². The summed E-state index contributed by atoms with van der Waals surface area (Å²) in [5.41, 5.74) is 2.17. The van der Waals surface area contributed by atoms with Gasteiger partial charge in [0.05, 0.1) is 11.1 Å². The van der Waals surface area contributed by atoms with Gasteiger partial charge in [0.25, 0.3) is 5.56 Å². The molecule has 7 heteroatoms. The number of hydrogen-bond donors (Lipinski definition) is 1. The van der Waals surface area contributed by atoms with Crippen LogP contribution in [0.1, 0.15) is 16.0 Å². The standard InChI is InChI=1S/C22H18ClN3O2S/c23-15-6-8-16(9-7-15)26-21(27)19-17-10-11-25(12-14-4-2-1-3-5-14)13-18(17)29-20(19)24-22(26)28/h1-9H,10-13H2,(H,24,28). The monoisotopic (exact) mass is 423 g/mol. The van der Waals surface area contributed by atoms with Gasteiger partial charge in [-0.2, -0.15) is 0 Å². The fourth-order valence-corrected chi connectivity index (χ4v) is 5.33. The molecule has 1 N–H and O–H groups in total. The van der Waals surface area contributed by atoms with Crippen molar-refractivity contribution in [3.63, 3.8) is 0 Å². The van der Waals surface area contributed by atoms with E-state index in [4.69, 9.17) is 11.6 Å². The topological polar surface area (TPSA) is 58.1 Å². The van der Waals surface area contributed by atoms with Crippen LogP contribution in [-0.4, -0.2) is 21.0 Å². The summed E-state index contributed by atoms with van der Waals surface area (Å²) in [6.45, 7) is 2.54. The third-order valence-corrected chi connectivity index (χ3v) is 6.69. The number of rotatable bonds is 3. The van der Waals surface area contributed by atoms with Crippen molar-refractivity contribution >= 4 is 33.2 Å². The minimum atomic E-state index is -0.426. The smallest absolute Gasteiger partial charge is 0.298 e. The van der Waals surface area contributed by atoms with Gasteiger partial charge in [-0.15, -0.1) is 11.3 Å². The van der Waals surface area contributed by atoms with Crippen molar-refractivity contribution in [2.24, 2.45) is 0 Å². The third kappa shape index (κ3) is 3.33. The lowest BCUT2D eigenvalue weighted by Gasteiger charge is -2.26. The number of nitrogens with one attached hydrogen (secondary N) is 1. The molecule has 29 heavy (non-hydrogen) atoms. The van der Waals surface area contributed by atoms with Crippen molar-refractivity contribution in [2.75, 3.05) is 6.54 Å². The fraction of sp³-hybridized carbons (Fsp3) is 0.182. The molecule has 0 saturated heterocycles. The van der Waals surface area contributed by atoms with E-state index in [1.54, 1.807) is 24.3 Å². The number of aromatic nitrogens is 2. The van der Waals surface area contributed by atoms with Crippen LogP contribution in [0.2, 0.25) is 5.02 Å². The van der Waals surface area contributed by atoms with E-state index in [9.17, 15) is 9.59 Å². The molecule has 4 aromatic rings. The molecule has 2 aromatic heterocycles. The van der Waals surface area contributed by atoms with Gasteiger partial charge >= 0.3 is 5.69 Å². The second-order valence-electron chi connectivity index (χ2n) is 7.20. The van der Waals surface area contributed by atoms with Gasteiger partial charge in [-0.3, -0.25) is 14.7 Å². The number of thiophene rings is 1. The largest absolute Gasteiger partial charge is 0.334 e. The molecule has 1 aliphatic rings. The molecule has 0 unspecified atom stereocenters. The maximum absolute atomic E-state index is 13.2. The summed E-state index contributed by atoms with van der Waals surface area (Å²) in [7, 11) is 0. The molecule has 0 radical (unpaired) electrons. The predicted molar refractivity (Wildman–Crippen MR) is 117 cm³/mol. The summed E-state index contributed by atoms with van der Waals surface area (Å²) in [6, 6.07) is 17.1. The minimum Gasteiger partial charge on any atom is -0.298 e. The first-order valence-corrected chi connectivity index (χ1v) is 10.6. The Morgan fingerprint density at radius 3 is 2.55 bits per heavy atom. The minimum absolute atomic E-state index is 0.264. The highest BCUT2D eigenvalue weighted by Crippen LogP contribution is 2.32. The van der Waals surface area contributed by atoms with E-state index in [2.05, 4.69) is 22.0 Å². The van der Waals surface area contributed by atoms with Crippen molar-refractivity contribution in [2.45, 2.75) is 19.5 Å². The van der Waals surface area contributed by atoms with Crippen LogP contribution >= 0.6 is 22.9 Å². The lowest BCUT2D eigenvalue weighted by Crippen LogP contribution is -2.34. The quantitative estimate of drug-likeness (QED) is 0.542. The van der Waals surface area contributed by atoms with Crippen molar-refractivity contribution in [3.8, 4) is 5.69 Å². The Kier molecular flexibility index (Phi) is 4.62. The average molecular weight is 424 g/mol. The molecule has 146 valence electrons. The summed E-state index contributed by atoms with van der Waals surface area (Å²) < 4.78 is 1.20. The van der Waals surface area contributed by atoms with Crippen LogP contribution in [0.25, 0.3) is 15.9 Å². The second-order valence-corrected chi connectivity index (χ2v) is 8.74. The zero-order chi connectivity index (χ0) is 20.0. The molecule has 0 amide bonds. The molecular weight excluding hydrogens is 406 g/mol. The normalized spacial score (nSPS) is 14.2. The van der Waals surface area contributed by atoms with Crippen LogP contribution in [0.15, 0.2) is 64.2 Å². The van der Waals surface area contributed by atoms with Gasteiger partial charge in [0.15, 0.2) is 0 Å². The Balaban J connectivity index is 1.55. The second kappa shape index (κ2) is 7.30. The number of H-pyrrole nitrogens is 1. The summed E-state index contributed by atoms with van der Waals surface area (Å²) in [4.78, 5) is 33.0. The van der Waals surface area contributed by atoms with E-state index in [0.29, 0.717) is 20.9 Å². The van der Waals surface area contributed by atoms with Gasteiger partial charge in [0.1, 0.15) is 4.83 Å². The summed E-state index contributed by atoms with van der Waals surface area (Å²) in [5.74, 6) is 0. The Labute approximate surface area is 175 Å². The molecule has 0 saturated carbocycles. The highest BCUT2D eigenvalue weighted by atomic mass is 35.5. The number of hydrogen-bond acceptors (Lipinski definition) is 4. The molecule has 2 aromatic carbocycles. The number of nitrogens with zero attached hydrogens (tertiary/aromatic N) is 2. The molecule has 0 fully saturated rings. The van der Waals surface area contributed by atoms with Crippen LogP contribution in [-0.2, 0) is 19.5 Å². The summed E-state index contributed by atoms with van der Waals surface area (Å²) in [5, 5.41) is 1.20. The summed E-state index contributed by atoms with van der Waals surface area (Å²) >= 11 is 7.46. The van der Waals surface area contributed by atoms with E-state index in [1.165, 1.54) is 21.5 Å². The van der Waals surface area contributed by atoms with Crippen LogP contribution in [0.3, 0.4) is 0 Å². The van der Waals surface area contributed by atoms with E-state index in [-0.39, 0.29) is 5.56 Å². The predicted octanol–water partition coefficient (Wildman–Crippen LogP) is 3.95. The van der Waals surface area contributed by atoms with Gasteiger partial charge in [0.2, 0.25) is 0 Å². The SMILES string of the molecule is O=c1[nH]c2sc3c(c2c(=O)n1-c1ccc(Cl)cc1)CCN(Cc1ccccc1)C3. The maximum Gasteiger partial charge on any atom is 0.334 e. The zero-order valence-corrected chi connectivity index (χ0v) is 17.1. The third-order valence-electron chi connectivity index (χ3n) is 5.31. The molecule has 1 aliphatic heterocycles. The van der Waals surface area contributed by atoms with Gasteiger partial charge in [-0.1, -0.05) is 41.9 Å². The van der Waals surface area contributed by atoms with Gasteiger partial charge in [0, 0.05) is 29.5 Å². The van der Waals surface area contributed by atoms with Crippen molar-refractivity contribution in [3.05, 3.63) is 96.5 Å². The maximum atomic E-state index is 13.2. The Morgan fingerprint density at radius 1 is 1.03 bits per heavy atom. The molecule has 3 heterocycles. The van der Waals surface area contributed by atoms with E-state index >= 15 is 0 Å². The van der Waals surface area contributed by atoms with Gasteiger partial charge in [-0.05, 0) is 41.8 Å². The van der Waals surface area contributed by atoms with E-state index < -0.39 is 5.69 Å². The molecule has 0 bridgehead atoms. The fourth-order valence-electron chi connectivity index (χ4n) is 3.93. The van der Waals surface area contributed by atoms with Crippen molar-refractivity contribution < 1.29 is 0 Å². The molecule has 0 aliphatic carbocycles. The number of halogens is 1. The Bertz CT molecular complexity index is 1310. The molecule has 0 spiro atoms. The van der Waals surface area contributed by atoms with Crippen molar-refractivity contribution in [1.82, 2.24) is 14.5 Å². The molecular formula is C22H18ClN3O2S. The van der Waals surface area contributed by atoms with Gasteiger partial charge in [-0.25, -0.2) is 9.36 Å². The highest BCUT2D eigenvalue weighted by molar-refractivity contribution is 7.18.